The molecule has 1 saturated carbocycles. The van der Waals surface area contributed by atoms with Crippen molar-refractivity contribution in [3.05, 3.63) is 35.9 Å². The lowest BCUT2D eigenvalue weighted by Gasteiger charge is -2.35. The Balaban J connectivity index is 1.41. The number of hydrogen-bond donors (Lipinski definition) is 2. The fourth-order valence-corrected chi connectivity index (χ4v) is 3.41. The van der Waals surface area contributed by atoms with Crippen LogP contribution in [0.1, 0.15) is 37.7 Å². The minimum atomic E-state index is -0.356. The average Bonchev–Trinajstić information content (AvgIpc) is 2.90. The van der Waals surface area contributed by atoms with Crippen LogP contribution >= 0.6 is 0 Å². The van der Waals surface area contributed by atoms with Crippen LogP contribution in [0.2, 0.25) is 0 Å². The SMILES string of the molecule is O=C1CC2(CCC(NC(=O)OCc3ccccc3)CC2)CN1. The molecule has 0 atom stereocenters. The van der Waals surface area contributed by atoms with Gasteiger partial charge in [-0.05, 0) is 36.7 Å². The summed E-state index contributed by atoms with van der Waals surface area (Å²) in [7, 11) is 0. The summed E-state index contributed by atoms with van der Waals surface area (Å²) in [4.78, 5) is 23.2. The Morgan fingerprint density at radius 1 is 1.27 bits per heavy atom. The van der Waals surface area contributed by atoms with Crippen LogP contribution in [0.4, 0.5) is 4.79 Å². The Kier molecular flexibility index (Phi) is 4.32. The molecule has 1 aliphatic carbocycles. The predicted molar refractivity (Wildman–Crippen MR) is 82.1 cm³/mol. The van der Waals surface area contributed by atoms with E-state index in [0.717, 1.165) is 37.8 Å². The summed E-state index contributed by atoms with van der Waals surface area (Å²) >= 11 is 0. The van der Waals surface area contributed by atoms with Gasteiger partial charge in [0.2, 0.25) is 5.91 Å². The van der Waals surface area contributed by atoms with Gasteiger partial charge in [-0.25, -0.2) is 4.79 Å². The maximum absolute atomic E-state index is 11.8. The molecule has 1 aliphatic heterocycles. The number of amides is 2. The average molecular weight is 302 g/mol. The Bertz CT molecular complexity index is 536. The molecule has 22 heavy (non-hydrogen) atoms. The summed E-state index contributed by atoms with van der Waals surface area (Å²) in [6, 6.07) is 9.81. The molecule has 0 aromatic heterocycles. The zero-order valence-corrected chi connectivity index (χ0v) is 12.6. The Hall–Kier alpha value is -2.04. The molecule has 0 unspecified atom stereocenters. The van der Waals surface area contributed by atoms with Gasteiger partial charge in [0.05, 0.1) is 0 Å². The molecule has 5 heteroatoms. The Labute approximate surface area is 130 Å². The van der Waals surface area contributed by atoms with Gasteiger partial charge in [-0.15, -0.1) is 0 Å². The van der Waals surface area contributed by atoms with Crippen molar-refractivity contribution in [1.82, 2.24) is 10.6 Å². The fraction of sp³-hybridized carbons (Fsp3) is 0.529. The van der Waals surface area contributed by atoms with E-state index in [1.54, 1.807) is 0 Å². The summed E-state index contributed by atoms with van der Waals surface area (Å²) < 4.78 is 5.25. The second-order valence-corrected chi connectivity index (χ2v) is 6.43. The van der Waals surface area contributed by atoms with Gasteiger partial charge in [0.25, 0.3) is 0 Å². The second-order valence-electron chi connectivity index (χ2n) is 6.43. The molecule has 0 radical (unpaired) electrons. The third-order valence-electron chi connectivity index (χ3n) is 4.78. The molecular weight excluding hydrogens is 280 g/mol. The monoisotopic (exact) mass is 302 g/mol. The highest BCUT2D eigenvalue weighted by Crippen LogP contribution is 2.41. The first-order chi connectivity index (χ1) is 10.7. The topological polar surface area (TPSA) is 67.4 Å². The van der Waals surface area contributed by atoms with Crippen LogP contribution in [-0.4, -0.2) is 24.6 Å². The molecule has 2 amide bonds. The summed E-state index contributed by atoms with van der Waals surface area (Å²) in [6.45, 7) is 1.08. The molecular formula is C17H22N2O3. The number of carbonyl (C=O) groups excluding carboxylic acids is 2. The molecule has 1 spiro atoms. The summed E-state index contributed by atoms with van der Waals surface area (Å²) in [5, 5.41) is 5.86. The molecule has 5 nitrogen and oxygen atoms in total. The van der Waals surface area contributed by atoms with Crippen molar-refractivity contribution in [2.45, 2.75) is 44.8 Å². The zero-order chi connectivity index (χ0) is 15.4. The van der Waals surface area contributed by atoms with Crippen molar-refractivity contribution in [2.24, 2.45) is 5.41 Å². The third kappa shape index (κ3) is 3.59. The molecule has 1 heterocycles. The highest BCUT2D eigenvalue weighted by molar-refractivity contribution is 5.79. The van der Waals surface area contributed by atoms with Crippen LogP contribution in [0.3, 0.4) is 0 Å². The van der Waals surface area contributed by atoms with Crippen LogP contribution < -0.4 is 10.6 Å². The molecule has 2 aliphatic rings. The maximum atomic E-state index is 11.8. The molecule has 2 N–H and O–H groups in total. The van der Waals surface area contributed by atoms with Crippen LogP contribution in [0.5, 0.6) is 0 Å². The van der Waals surface area contributed by atoms with Crippen LogP contribution in [-0.2, 0) is 16.1 Å². The van der Waals surface area contributed by atoms with E-state index in [2.05, 4.69) is 10.6 Å². The molecule has 3 rings (SSSR count). The van der Waals surface area contributed by atoms with Crippen molar-refractivity contribution in [3.8, 4) is 0 Å². The quantitative estimate of drug-likeness (QED) is 0.900. The van der Waals surface area contributed by atoms with Gasteiger partial charge >= 0.3 is 6.09 Å². The van der Waals surface area contributed by atoms with Crippen LogP contribution in [0, 0.1) is 5.41 Å². The van der Waals surface area contributed by atoms with Gasteiger partial charge in [-0.1, -0.05) is 30.3 Å². The van der Waals surface area contributed by atoms with Crippen molar-refractivity contribution in [3.63, 3.8) is 0 Å². The van der Waals surface area contributed by atoms with E-state index in [9.17, 15) is 9.59 Å². The fourth-order valence-electron chi connectivity index (χ4n) is 3.41. The number of nitrogens with one attached hydrogen (secondary N) is 2. The molecule has 1 aromatic rings. The first-order valence-electron chi connectivity index (χ1n) is 7.89. The number of rotatable bonds is 3. The second kappa shape index (κ2) is 6.38. The predicted octanol–water partition coefficient (Wildman–Crippen LogP) is 2.36. The minimum absolute atomic E-state index is 0.128. The maximum Gasteiger partial charge on any atom is 0.407 e. The van der Waals surface area contributed by atoms with Gasteiger partial charge in [0.1, 0.15) is 6.61 Å². The summed E-state index contributed by atoms with van der Waals surface area (Å²) in [5.41, 5.74) is 1.11. The van der Waals surface area contributed by atoms with Crippen molar-refractivity contribution >= 4 is 12.0 Å². The van der Waals surface area contributed by atoms with E-state index < -0.39 is 0 Å². The van der Waals surface area contributed by atoms with E-state index in [1.165, 1.54) is 0 Å². The van der Waals surface area contributed by atoms with Gasteiger partial charge in [-0.2, -0.15) is 0 Å². The van der Waals surface area contributed by atoms with E-state index in [4.69, 9.17) is 4.74 Å². The van der Waals surface area contributed by atoms with Crippen LogP contribution in [0.25, 0.3) is 0 Å². The highest BCUT2D eigenvalue weighted by Gasteiger charge is 2.41. The standard InChI is InChI=1S/C17H22N2O3/c20-15-10-17(12-18-15)8-6-14(7-9-17)19-16(21)22-11-13-4-2-1-3-5-13/h1-5,14H,6-12H2,(H,18,20)(H,19,21). The number of carbonyl (C=O) groups is 2. The zero-order valence-electron chi connectivity index (χ0n) is 12.6. The summed E-state index contributed by atoms with van der Waals surface area (Å²) in [5.74, 6) is 0.161. The highest BCUT2D eigenvalue weighted by atomic mass is 16.5. The molecule has 0 bridgehead atoms. The van der Waals surface area contributed by atoms with Gasteiger partial charge in [0.15, 0.2) is 0 Å². The number of benzene rings is 1. The lowest BCUT2D eigenvalue weighted by atomic mass is 9.72. The van der Waals surface area contributed by atoms with Crippen molar-refractivity contribution < 1.29 is 14.3 Å². The number of hydrogen-bond acceptors (Lipinski definition) is 3. The minimum Gasteiger partial charge on any atom is -0.445 e. The number of ether oxygens (including phenoxy) is 1. The molecule has 1 saturated heterocycles. The van der Waals surface area contributed by atoms with Crippen molar-refractivity contribution in [2.75, 3.05) is 6.54 Å². The van der Waals surface area contributed by atoms with E-state index in [0.29, 0.717) is 13.0 Å². The largest absolute Gasteiger partial charge is 0.445 e. The first kappa shape index (κ1) is 14.9. The third-order valence-corrected chi connectivity index (χ3v) is 4.78. The number of alkyl carbamates (subject to hydrolysis) is 1. The van der Waals surface area contributed by atoms with Crippen molar-refractivity contribution in [1.29, 1.82) is 0 Å². The first-order valence-corrected chi connectivity index (χ1v) is 7.89. The Morgan fingerprint density at radius 2 is 2.00 bits per heavy atom. The van der Waals surface area contributed by atoms with E-state index in [-0.39, 0.29) is 23.5 Å². The van der Waals surface area contributed by atoms with E-state index >= 15 is 0 Å². The van der Waals surface area contributed by atoms with Gasteiger partial charge in [-0.3, -0.25) is 4.79 Å². The molecule has 1 aromatic carbocycles. The van der Waals surface area contributed by atoms with Gasteiger partial charge in [0, 0.05) is 19.0 Å². The lowest BCUT2D eigenvalue weighted by Crippen LogP contribution is -2.41. The smallest absolute Gasteiger partial charge is 0.407 e. The molecule has 118 valence electrons. The van der Waals surface area contributed by atoms with Crippen LogP contribution in [0.15, 0.2) is 30.3 Å². The van der Waals surface area contributed by atoms with Gasteiger partial charge < -0.3 is 15.4 Å². The lowest BCUT2D eigenvalue weighted by molar-refractivity contribution is -0.119. The summed E-state index contributed by atoms with van der Waals surface area (Å²) in [6.07, 6.45) is 4.07. The Morgan fingerprint density at radius 3 is 2.64 bits per heavy atom. The van der Waals surface area contributed by atoms with E-state index in [1.807, 2.05) is 30.3 Å². The molecule has 2 fully saturated rings. The normalized spacial score (nSPS) is 27.5.